The number of benzene rings is 1. The van der Waals surface area contributed by atoms with Gasteiger partial charge in [-0.2, -0.15) is 9.57 Å². The molecule has 0 bridgehead atoms. The summed E-state index contributed by atoms with van der Waals surface area (Å²) in [6.07, 6.45) is 0. The molecule has 2 amide bonds. The molecule has 1 atom stereocenters. The predicted molar refractivity (Wildman–Crippen MR) is 112 cm³/mol. The number of hydrogen-bond donors (Lipinski definition) is 2. The Morgan fingerprint density at radius 1 is 1.17 bits per heavy atom. The fraction of sp³-hybridized carbons (Fsp3) is 0.316. The van der Waals surface area contributed by atoms with Crippen molar-refractivity contribution in [3.8, 4) is 6.07 Å². The Kier molecular flexibility index (Phi) is 6.52. The maximum absolute atomic E-state index is 12.8. The molecule has 3 N–H and O–H groups in total. The monoisotopic (exact) mass is 447 g/mol. The van der Waals surface area contributed by atoms with Gasteiger partial charge in [0.1, 0.15) is 5.00 Å². The predicted octanol–water partition coefficient (Wildman–Crippen LogP) is 1.05. The summed E-state index contributed by atoms with van der Waals surface area (Å²) < 4.78 is 27.0. The molecule has 1 saturated heterocycles. The number of hydrogen-bond acceptors (Lipinski definition) is 7. The number of rotatable bonds is 6. The van der Waals surface area contributed by atoms with Crippen molar-refractivity contribution in [1.82, 2.24) is 9.21 Å². The molecule has 0 unspecified atom stereocenters. The van der Waals surface area contributed by atoms with Crippen LogP contribution in [0, 0.1) is 11.3 Å². The first-order chi connectivity index (χ1) is 14.2. The highest BCUT2D eigenvalue weighted by molar-refractivity contribution is 7.89. The summed E-state index contributed by atoms with van der Waals surface area (Å²) in [6.45, 7) is 2.99. The molecule has 1 aliphatic rings. The number of carbonyl (C=O) groups is 2. The highest BCUT2D eigenvalue weighted by Gasteiger charge is 2.32. The van der Waals surface area contributed by atoms with E-state index in [1.54, 1.807) is 18.4 Å². The zero-order valence-corrected chi connectivity index (χ0v) is 17.9. The molecular formula is C19H21N5O4S2. The second-order valence-corrected chi connectivity index (χ2v) is 9.62. The van der Waals surface area contributed by atoms with E-state index in [-0.39, 0.29) is 29.5 Å². The van der Waals surface area contributed by atoms with Crippen molar-refractivity contribution in [2.24, 2.45) is 5.73 Å². The first-order valence-corrected chi connectivity index (χ1v) is 11.5. The zero-order valence-electron chi connectivity index (χ0n) is 16.2. The van der Waals surface area contributed by atoms with E-state index < -0.39 is 22.0 Å². The molecule has 1 aromatic carbocycles. The Morgan fingerprint density at radius 3 is 2.37 bits per heavy atom. The van der Waals surface area contributed by atoms with Crippen LogP contribution in [-0.4, -0.2) is 61.7 Å². The van der Waals surface area contributed by atoms with Gasteiger partial charge < -0.3 is 11.1 Å². The first kappa shape index (κ1) is 21.9. The standard InChI is InChI=1S/C19H21N5O4S2/c1-13(18(26)22-19-16(17(21)25)6-11-29-19)23-7-9-24(10-8-23)30(27,28)15-4-2-14(12-20)3-5-15/h2-6,11,13H,7-10H2,1H3,(H2,21,25)(H,22,26)/t13-/m1/s1. The van der Waals surface area contributed by atoms with E-state index in [0.29, 0.717) is 23.7 Å². The van der Waals surface area contributed by atoms with E-state index in [2.05, 4.69) is 5.32 Å². The molecule has 1 aromatic heterocycles. The lowest BCUT2D eigenvalue weighted by atomic mass is 10.2. The Hall–Kier alpha value is -2.78. The van der Waals surface area contributed by atoms with Crippen LogP contribution in [0.5, 0.6) is 0 Å². The van der Waals surface area contributed by atoms with Crippen LogP contribution in [0.4, 0.5) is 5.00 Å². The summed E-state index contributed by atoms with van der Waals surface area (Å²) in [5.74, 6) is -0.899. The Morgan fingerprint density at radius 2 is 1.80 bits per heavy atom. The molecule has 2 aromatic rings. The van der Waals surface area contributed by atoms with Gasteiger partial charge in [-0.1, -0.05) is 0 Å². The molecular weight excluding hydrogens is 426 g/mol. The van der Waals surface area contributed by atoms with E-state index in [1.807, 2.05) is 11.0 Å². The molecule has 2 heterocycles. The second-order valence-electron chi connectivity index (χ2n) is 6.77. The summed E-state index contributed by atoms with van der Waals surface area (Å²) in [5.41, 5.74) is 5.96. The Bertz CT molecular complexity index is 1080. The van der Waals surface area contributed by atoms with Gasteiger partial charge in [0.15, 0.2) is 0 Å². The molecule has 11 heteroatoms. The molecule has 3 rings (SSSR count). The normalized spacial score (nSPS) is 16.5. The lowest BCUT2D eigenvalue weighted by Gasteiger charge is -2.36. The van der Waals surface area contributed by atoms with Crippen LogP contribution in [0.15, 0.2) is 40.6 Å². The maximum atomic E-state index is 12.8. The number of nitrogens with one attached hydrogen (secondary N) is 1. The van der Waals surface area contributed by atoms with Crippen molar-refractivity contribution < 1.29 is 18.0 Å². The number of nitriles is 1. The van der Waals surface area contributed by atoms with Crippen LogP contribution in [0.2, 0.25) is 0 Å². The smallest absolute Gasteiger partial charge is 0.251 e. The average molecular weight is 448 g/mol. The topological polar surface area (TPSA) is 137 Å². The summed E-state index contributed by atoms with van der Waals surface area (Å²) >= 11 is 1.22. The number of nitrogens with zero attached hydrogens (tertiary/aromatic N) is 3. The van der Waals surface area contributed by atoms with E-state index in [0.717, 1.165) is 0 Å². The second kappa shape index (κ2) is 8.93. The molecule has 30 heavy (non-hydrogen) atoms. The summed E-state index contributed by atoms with van der Waals surface area (Å²) in [6, 6.07) is 8.80. The Labute approximate surface area is 178 Å². The Balaban J connectivity index is 1.61. The molecule has 0 aliphatic carbocycles. The number of thiophene rings is 1. The van der Waals surface area contributed by atoms with Crippen molar-refractivity contribution in [3.05, 3.63) is 46.8 Å². The van der Waals surface area contributed by atoms with Gasteiger partial charge >= 0.3 is 0 Å². The van der Waals surface area contributed by atoms with Crippen molar-refractivity contribution in [2.45, 2.75) is 17.9 Å². The van der Waals surface area contributed by atoms with E-state index in [4.69, 9.17) is 11.0 Å². The highest BCUT2D eigenvalue weighted by Crippen LogP contribution is 2.24. The molecule has 0 spiro atoms. The molecule has 1 aliphatic heterocycles. The van der Waals surface area contributed by atoms with Crippen LogP contribution in [0.3, 0.4) is 0 Å². The summed E-state index contributed by atoms with van der Waals surface area (Å²) in [5, 5.41) is 13.7. The van der Waals surface area contributed by atoms with Crippen molar-refractivity contribution in [3.63, 3.8) is 0 Å². The molecule has 9 nitrogen and oxygen atoms in total. The molecule has 1 fully saturated rings. The minimum absolute atomic E-state index is 0.136. The van der Waals surface area contributed by atoms with E-state index in [1.165, 1.54) is 39.9 Å². The van der Waals surface area contributed by atoms with Crippen molar-refractivity contribution >= 4 is 38.2 Å². The quantitative estimate of drug-likeness (QED) is 0.679. The van der Waals surface area contributed by atoms with Gasteiger partial charge in [0.2, 0.25) is 15.9 Å². The summed E-state index contributed by atoms with van der Waals surface area (Å²) in [4.78, 5) is 26.0. The molecule has 158 valence electrons. The van der Waals surface area contributed by atoms with Crippen molar-refractivity contribution in [2.75, 3.05) is 31.5 Å². The van der Waals surface area contributed by atoms with Gasteiger partial charge in [-0.25, -0.2) is 8.42 Å². The number of carbonyl (C=O) groups excluding carboxylic acids is 2. The number of primary amides is 1. The number of sulfonamides is 1. The third kappa shape index (κ3) is 4.52. The number of amides is 2. The first-order valence-electron chi connectivity index (χ1n) is 9.16. The third-order valence-electron chi connectivity index (χ3n) is 4.99. The lowest BCUT2D eigenvalue weighted by molar-refractivity contribution is -0.121. The van der Waals surface area contributed by atoms with Gasteiger partial charge in [0.05, 0.1) is 28.1 Å². The van der Waals surface area contributed by atoms with Gasteiger partial charge in [-0.15, -0.1) is 11.3 Å². The van der Waals surface area contributed by atoms with Gasteiger partial charge in [-0.3, -0.25) is 14.5 Å². The lowest BCUT2D eigenvalue weighted by Crippen LogP contribution is -2.53. The number of anilines is 1. The zero-order chi connectivity index (χ0) is 21.9. The van der Waals surface area contributed by atoms with E-state index in [9.17, 15) is 18.0 Å². The SMILES string of the molecule is C[C@H](C(=O)Nc1sccc1C(N)=O)N1CCN(S(=O)(=O)c2ccc(C#N)cc2)CC1. The third-order valence-corrected chi connectivity index (χ3v) is 7.73. The largest absolute Gasteiger partial charge is 0.366 e. The fourth-order valence-corrected chi connectivity index (χ4v) is 5.38. The summed E-state index contributed by atoms with van der Waals surface area (Å²) in [7, 11) is -3.67. The van der Waals surface area contributed by atoms with E-state index >= 15 is 0 Å². The van der Waals surface area contributed by atoms with Crippen LogP contribution >= 0.6 is 11.3 Å². The van der Waals surface area contributed by atoms with Gasteiger partial charge in [0, 0.05) is 26.2 Å². The van der Waals surface area contributed by atoms with Crippen LogP contribution in [0.1, 0.15) is 22.8 Å². The number of piperazine rings is 1. The van der Waals surface area contributed by atoms with Crippen LogP contribution < -0.4 is 11.1 Å². The van der Waals surface area contributed by atoms with Crippen LogP contribution in [-0.2, 0) is 14.8 Å². The van der Waals surface area contributed by atoms with Gasteiger partial charge in [-0.05, 0) is 42.6 Å². The minimum Gasteiger partial charge on any atom is -0.366 e. The maximum Gasteiger partial charge on any atom is 0.251 e. The minimum atomic E-state index is -3.67. The molecule has 0 radical (unpaired) electrons. The van der Waals surface area contributed by atoms with Gasteiger partial charge in [0.25, 0.3) is 5.91 Å². The van der Waals surface area contributed by atoms with Crippen LogP contribution in [0.25, 0.3) is 0 Å². The fourth-order valence-electron chi connectivity index (χ4n) is 3.16. The average Bonchev–Trinajstić information content (AvgIpc) is 3.21. The highest BCUT2D eigenvalue weighted by atomic mass is 32.2. The molecule has 0 saturated carbocycles. The number of nitrogens with two attached hydrogens (primary N) is 1. The van der Waals surface area contributed by atoms with Crippen molar-refractivity contribution in [1.29, 1.82) is 5.26 Å².